The normalized spacial score (nSPS) is 12.5. The number of hydrogen-bond acceptors (Lipinski definition) is 6. The van der Waals surface area contributed by atoms with Gasteiger partial charge >= 0.3 is 11.9 Å². The van der Waals surface area contributed by atoms with E-state index in [1.54, 1.807) is 0 Å². The summed E-state index contributed by atoms with van der Waals surface area (Å²) in [7, 11) is 0. The third-order valence-corrected chi connectivity index (χ3v) is 11.5. The summed E-state index contributed by atoms with van der Waals surface area (Å²) in [5.41, 5.74) is 0. The molecule has 9 heteroatoms. The van der Waals surface area contributed by atoms with Crippen LogP contribution in [0.15, 0.2) is 12.2 Å². The zero-order chi connectivity index (χ0) is 43.3. The van der Waals surface area contributed by atoms with Crippen LogP contribution in [0.5, 0.6) is 0 Å². The first-order chi connectivity index (χ1) is 28.8. The fraction of sp³-hybridized carbons (Fsp3) is 0.880. The molecule has 2 atom stereocenters. The SMILES string of the molecule is CCCCCCCCC/C=C\CCCCCCCC(=O)OC(CCCCCCCCCCCCCCCCC)CCCCCCCC(=O)NCC(=O)NC(CO)C(=O)O. The van der Waals surface area contributed by atoms with Gasteiger partial charge in [0.25, 0.3) is 0 Å². The second-order valence-corrected chi connectivity index (χ2v) is 17.3. The molecule has 0 aliphatic heterocycles. The van der Waals surface area contributed by atoms with E-state index in [9.17, 15) is 19.2 Å². The monoisotopic (exact) mass is 835 g/mol. The van der Waals surface area contributed by atoms with E-state index in [-0.39, 0.29) is 24.5 Å². The lowest BCUT2D eigenvalue weighted by Gasteiger charge is -2.18. The predicted octanol–water partition coefficient (Wildman–Crippen LogP) is 13.0. The van der Waals surface area contributed by atoms with Gasteiger partial charge in [0, 0.05) is 12.8 Å². The second-order valence-electron chi connectivity index (χ2n) is 17.3. The third-order valence-electron chi connectivity index (χ3n) is 11.5. The first-order valence-corrected chi connectivity index (χ1v) is 25.1. The van der Waals surface area contributed by atoms with Crippen molar-refractivity contribution in [2.24, 2.45) is 0 Å². The van der Waals surface area contributed by atoms with Crippen LogP contribution in [0.1, 0.15) is 258 Å². The molecule has 0 fully saturated rings. The van der Waals surface area contributed by atoms with Crippen LogP contribution in [-0.2, 0) is 23.9 Å². The summed E-state index contributed by atoms with van der Waals surface area (Å²) in [6, 6.07) is -1.38. The van der Waals surface area contributed by atoms with E-state index in [1.807, 2.05) is 0 Å². The lowest BCUT2D eigenvalue weighted by atomic mass is 10.0. The number of hydrogen-bond donors (Lipinski definition) is 4. The first kappa shape index (κ1) is 56.6. The van der Waals surface area contributed by atoms with Gasteiger partial charge in [-0.2, -0.15) is 0 Å². The molecule has 0 bridgehead atoms. The topological polar surface area (TPSA) is 142 Å². The van der Waals surface area contributed by atoms with Gasteiger partial charge in [0.05, 0.1) is 13.2 Å². The number of carboxylic acid groups (broad SMARTS) is 1. The van der Waals surface area contributed by atoms with Crippen molar-refractivity contribution in [3.63, 3.8) is 0 Å². The Labute approximate surface area is 362 Å². The molecule has 2 amide bonds. The molecule has 0 rings (SSSR count). The molecule has 0 spiro atoms. The molecule has 2 unspecified atom stereocenters. The lowest BCUT2D eigenvalue weighted by Crippen LogP contribution is -2.47. The molecule has 0 heterocycles. The Morgan fingerprint density at radius 3 is 1.27 bits per heavy atom. The van der Waals surface area contributed by atoms with E-state index in [4.69, 9.17) is 14.9 Å². The number of ether oxygens (including phenoxy) is 1. The predicted molar refractivity (Wildman–Crippen MR) is 245 cm³/mol. The van der Waals surface area contributed by atoms with Crippen molar-refractivity contribution in [2.75, 3.05) is 13.2 Å². The molecule has 9 nitrogen and oxygen atoms in total. The zero-order valence-electron chi connectivity index (χ0n) is 38.5. The number of nitrogens with one attached hydrogen (secondary N) is 2. The smallest absolute Gasteiger partial charge is 0.328 e. The molecule has 0 aliphatic carbocycles. The molecule has 0 saturated carbocycles. The number of rotatable bonds is 46. The highest BCUT2D eigenvalue weighted by atomic mass is 16.5. The summed E-state index contributed by atoms with van der Waals surface area (Å²) >= 11 is 0. The van der Waals surface area contributed by atoms with Gasteiger partial charge in [-0.05, 0) is 64.2 Å². The van der Waals surface area contributed by atoms with Crippen LogP contribution in [0.3, 0.4) is 0 Å². The standard InChI is InChI=1S/C50H94N2O7/c1-3-5-7-9-11-13-15-17-19-21-23-25-27-29-34-38-42-49(56)59-45(39-35-31-28-26-24-22-20-18-16-14-12-10-8-6-4-2)40-36-32-30-33-37-41-47(54)51-43-48(55)52-46(44-53)50(57)58/h19,21,45-46,53H,3-18,20,22-44H2,1-2H3,(H,51,54)(H,52,55)(H,57,58)/b21-19-. The Morgan fingerprint density at radius 1 is 0.492 bits per heavy atom. The molecule has 4 N–H and O–H groups in total. The Bertz CT molecular complexity index is 1000. The molecular weight excluding hydrogens is 741 g/mol. The zero-order valence-corrected chi connectivity index (χ0v) is 38.5. The van der Waals surface area contributed by atoms with Gasteiger partial charge in [-0.15, -0.1) is 0 Å². The van der Waals surface area contributed by atoms with Crippen LogP contribution in [-0.4, -0.2) is 59.3 Å². The number of carboxylic acids is 1. The van der Waals surface area contributed by atoms with E-state index in [0.717, 1.165) is 57.8 Å². The summed E-state index contributed by atoms with van der Waals surface area (Å²) in [6.45, 7) is 3.51. The van der Waals surface area contributed by atoms with Gasteiger partial charge in [-0.3, -0.25) is 14.4 Å². The van der Waals surface area contributed by atoms with Crippen LogP contribution >= 0.6 is 0 Å². The van der Waals surface area contributed by atoms with E-state index in [2.05, 4.69) is 36.6 Å². The molecule has 0 aromatic heterocycles. The maximum absolute atomic E-state index is 12.9. The van der Waals surface area contributed by atoms with E-state index in [0.29, 0.717) is 19.3 Å². The Hall–Kier alpha value is -2.42. The number of aliphatic hydroxyl groups excluding tert-OH is 1. The van der Waals surface area contributed by atoms with Crippen molar-refractivity contribution >= 4 is 23.8 Å². The molecule has 0 aromatic carbocycles. The van der Waals surface area contributed by atoms with Crippen molar-refractivity contribution in [3.8, 4) is 0 Å². The van der Waals surface area contributed by atoms with Gasteiger partial charge < -0.3 is 25.6 Å². The van der Waals surface area contributed by atoms with Crippen molar-refractivity contribution < 1.29 is 34.1 Å². The van der Waals surface area contributed by atoms with Gasteiger partial charge in [0.2, 0.25) is 11.8 Å². The summed E-state index contributed by atoms with van der Waals surface area (Å²) in [4.78, 5) is 47.7. The Balaban J connectivity index is 4.30. The van der Waals surface area contributed by atoms with Crippen LogP contribution in [0.25, 0.3) is 0 Å². The lowest BCUT2D eigenvalue weighted by molar-refractivity contribution is -0.150. The Kier molecular flexibility index (Phi) is 43.3. The minimum atomic E-state index is -1.38. The number of allylic oxidation sites excluding steroid dienone is 2. The van der Waals surface area contributed by atoms with Crippen molar-refractivity contribution in [1.82, 2.24) is 10.6 Å². The maximum Gasteiger partial charge on any atom is 0.328 e. The average Bonchev–Trinajstić information content (AvgIpc) is 3.22. The average molecular weight is 835 g/mol. The summed E-state index contributed by atoms with van der Waals surface area (Å²) in [6.07, 6.45) is 49.6. The summed E-state index contributed by atoms with van der Waals surface area (Å²) < 4.78 is 6.06. The second kappa shape index (κ2) is 45.1. The summed E-state index contributed by atoms with van der Waals surface area (Å²) in [5.74, 6) is -2.28. The highest BCUT2D eigenvalue weighted by Gasteiger charge is 2.19. The third kappa shape index (κ3) is 42.1. The van der Waals surface area contributed by atoms with Crippen LogP contribution < -0.4 is 10.6 Å². The number of amides is 2. The van der Waals surface area contributed by atoms with Gasteiger partial charge in [-0.1, -0.05) is 193 Å². The minimum Gasteiger partial charge on any atom is -0.480 e. The van der Waals surface area contributed by atoms with Crippen molar-refractivity contribution in [2.45, 2.75) is 270 Å². The minimum absolute atomic E-state index is 0.0131. The number of unbranched alkanes of at least 4 members (excludes halogenated alkanes) is 30. The molecule has 0 radical (unpaired) electrons. The molecule has 59 heavy (non-hydrogen) atoms. The molecular formula is C50H94N2O7. The first-order valence-electron chi connectivity index (χ1n) is 25.1. The Morgan fingerprint density at radius 2 is 0.864 bits per heavy atom. The molecule has 0 saturated heterocycles. The summed E-state index contributed by atoms with van der Waals surface area (Å²) in [5, 5.41) is 22.6. The molecule has 0 aliphatic rings. The maximum atomic E-state index is 12.9. The number of aliphatic hydroxyl groups is 1. The number of esters is 1. The fourth-order valence-corrected chi connectivity index (χ4v) is 7.65. The van der Waals surface area contributed by atoms with Crippen LogP contribution in [0.2, 0.25) is 0 Å². The van der Waals surface area contributed by atoms with Crippen molar-refractivity contribution in [1.29, 1.82) is 0 Å². The highest BCUT2D eigenvalue weighted by molar-refractivity contribution is 5.87. The number of carbonyl (C=O) groups excluding carboxylic acids is 3. The van der Waals surface area contributed by atoms with Crippen LogP contribution in [0, 0.1) is 0 Å². The van der Waals surface area contributed by atoms with E-state index < -0.39 is 24.5 Å². The van der Waals surface area contributed by atoms with Gasteiger partial charge in [0.15, 0.2) is 0 Å². The fourth-order valence-electron chi connectivity index (χ4n) is 7.65. The van der Waals surface area contributed by atoms with Crippen molar-refractivity contribution in [3.05, 3.63) is 12.2 Å². The van der Waals surface area contributed by atoms with Gasteiger partial charge in [0.1, 0.15) is 12.1 Å². The van der Waals surface area contributed by atoms with E-state index >= 15 is 0 Å². The highest BCUT2D eigenvalue weighted by Crippen LogP contribution is 2.19. The number of carbonyl (C=O) groups is 4. The molecule has 0 aromatic rings. The van der Waals surface area contributed by atoms with Gasteiger partial charge in [-0.25, -0.2) is 4.79 Å². The molecule has 346 valence electrons. The quantitative estimate of drug-likeness (QED) is 0.0272. The van der Waals surface area contributed by atoms with E-state index in [1.165, 1.54) is 167 Å². The largest absolute Gasteiger partial charge is 0.480 e. The number of aliphatic carboxylic acids is 1. The van der Waals surface area contributed by atoms with Crippen LogP contribution in [0.4, 0.5) is 0 Å².